The van der Waals surface area contributed by atoms with Crippen molar-refractivity contribution in [1.82, 2.24) is 9.88 Å². The number of aromatic hydroxyl groups is 1. The average Bonchev–Trinajstić information content (AvgIpc) is 3.06. The van der Waals surface area contributed by atoms with Crippen molar-refractivity contribution in [1.29, 1.82) is 0 Å². The molecular formula is C28H30N4O3. The first kappa shape index (κ1) is 22.9. The standard InChI is InChI=1S/C28H30N4O3/c1-17-6-9-21(33)16-24(17)30-23-12-13-29-28-27(23)25(34)15-19-14-18(7-10-22(19)31-28)4-3-5-20-8-11-26(35)32(20)2/h6-7,9-10,12-14,16,20,33H,3-5,8,11,15H2,1-2H3,(H2,29,30,31). The van der Waals surface area contributed by atoms with Crippen LogP contribution in [0.3, 0.4) is 0 Å². The summed E-state index contributed by atoms with van der Waals surface area (Å²) in [7, 11) is 1.90. The number of likely N-dealkylation sites (tertiary alicyclic amines) is 1. The number of aryl methyl sites for hydroxylation is 2. The maximum atomic E-state index is 13.4. The van der Waals surface area contributed by atoms with Crippen LogP contribution in [0.1, 0.15) is 52.7 Å². The lowest BCUT2D eigenvalue weighted by Gasteiger charge is -2.19. The molecule has 1 aromatic heterocycles. The molecule has 0 saturated carbocycles. The van der Waals surface area contributed by atoms with Crippen LogP contribution in [-0.2, 0) is 17.6 Å². The quantitative estimate of drug-likeness (QED) is 0.455. The highest BCUT2D eigenvalue weighted by molar-refractivity contribution is 6.09. The molecule has 3 N–H and O–H groups in total. The van der Waals surface area contributed by atoms with E-state index in [-0.39, 0.29) is 23.9 Å². The number of phenolic OH excluding ortho intramolecular Hbond substituents is 1. The van der Waals surface area contributed by atoms with Gasteiger partial charge in [-0.05, 0) is 67.5 Å². The van der Waals surface area contributed by atoms with Crippen LogP contribution in [0.4, 0.5) is 22.9 Å². The molecule has 2 aromatic carbocycles. The van der Waals surface area contributed by atoms with Gasteiger partial charge in [0, 0.05) is 49.6 Å². The third kappa shape index (κ3) is 4.71. The molecule has 7 heteroatoms. The number of carbonyl (C=O) groups is 2. The highest BCUT2D eigenvalue weighted by atomic mass is 16.3. The fourth-order valence-electron chi connectivity index (χ4n) is 5.04. The summed E-state index contributed by atoms with van der Waals surface area (Å²) in [6.07, 6.45) is 6.46. The number of fused-ring (bicyclic) bond motifs is 2. The molecule has 1 amide bonds. The molecule has 0 aliphatic carbocycles. The van der Waals surface area contributed by atoms with Crippen molar-refractivity contribution in [3.05, 3.63) is 70.9 Å². The van der Waals surface area contributed by atoms with E-state index in [4.69, 9.17) is 0 Å². The van der Waals surface area contributed by atoms with Gasteiger partial charge in [0.05, 0.1) is 11.3 Å². The molecule has 2 aliphatic rings. The Morgan fingerprint density at radius 3 is 2.80 bits per heavy atom. The summed E-state index contributed by atoms with van der Waals surface area (Å²) in [5, 5.41) is 16.6. The van der Waals surface area contributed by atoms with Crippen molar-refractivity contribution >= 4 is 34.6 Å². The van der Waals surface area contributed by atoms with Crippen molar-refractivity contribution < 1.29 is 14.7 Å². The van der Waals surface area contributed by atoms with E-state index in [1.165, 1.54) is 5.56 Å². The average molecular weight is 471 g/mol. The Labute approximate surface area is 205 Å². The molecule has 1 atom stereocenters. The fraction of sp³-hybridized carbons (Fsp3) is 0.321. The second-order valence-electron chi connectivity index (χ2n) is 9.51. The number of pyridine rings is 1. The highest BCUT2D eigenvalue weighted by Gasteiger charge is 2.27. The first-order valence-electron chi connectivity index (χ1n) is 12.1. The van der Waals surface area contributed by atoms with E-state index in [1.807, 2.05) is 31.0 Å². The number of hydrogen-bond acceptors (Lipinski definition) is 6. The number of ketones is 1. The smallest absolute Gasteiger partial charge is 0.222 e. The number of carbonyl (C=O) groups excluding carboxylic acids is 2. The van der Waals surface area contributed by atoms with Crippen LogP contribution in [0.5, 0.6) is 5.75 Å². The van der Waals surface area contributed by atoms with Crippen LogP contribution < -0.4 is 10.6 Å². The Bertz CT molecular complexity index is 1300. The Morgan fingerprint density at radius 1 is 1.14 bits per heavy atom. The van der Waals surface area contributed by atoms with Gasteiger partial charge in [-0.1, -0.05) is 18.2 Å². The summed E-state index contributed by atoms with van der Waals surface area (Å²) in [4.78, 5) is 31.5. The number of Topliss-reactive ketones (excluding diaryl/α,β-unsaturated/α-hetero) is 1. The van der Waals surface area contributed by atoms with E-state index < -0.39 is 0 Å². The number of phenols is 1. The molecule has 1 saturated heterocycles. The number of anilines is 4. The molecule has 35 heavy (non-hydrogen) atoms. The molecule has 5 rings (SSSR count). The molecule has 0 spiro atoms. The van der Waals surface area contributed by atoms with E-state index in [9.17, 15) is 14.7 Å². The molecule has 180 valence electrons. The SMILES string of the molecule is Cc1ccc(O)cc1Nc1ccnc2c1C(=O)Cc1cc(CCCC3CCC(=O)N3C)ccc1N2. The van der Waals surface area contributed by atoms with Crippen LogP contribution in [-0.4, -0.2) is 39.8 Å². The summed E-state index contributed by atoms with van der Waals surface area (Å²) in [6, 6.07) is 13.5. The Balaban J connectivity index is 1.33. The minimum Gasteiger partial charge on any atom is -0.508 e. The number of hydrogen-bond donors (Lipinski definition) is 3. The lowest BCUT2D eigenvalue weighted by Crippen LogP contribution is -2.28. The van der Waals surface area contributed by atoms with Gasteiger partial charge in [0.2, 0.25) is 5.91 Å². The number of amides is 1. The zero-order chi connectivity index (χ0) is 24.5. The Hall–Kier alpha value is -3.87. The van der Waals surface area contributed by atoms with Gasteiger partial charge in [0.25, 0.3) is 0 Å². The zero-order valence-electron chi connectivity index (χ0n) is 20.1. The molecule has 2 aliphatic heterocycles. The van der Waals surface area contributed by atoms with E-state index in [2.05, 4.69) is 27.8 Å². The van der Waals surface area contributed by atoms with Crippen LogP contribution in [0.2, 0.25) is 0 Å². The monoisotopic (exact) mass is 470 g/mol. The van der Waals surface area contributed by atoms with Gasteiger partial charge in [0.15, 0.2) is 5.78 Å². The lowest BCUT2D eigenvalue weighted by molar-refractivity contribution is -0.127. The summed E-state index contributed by atoms with van der Waals surface area (Å²) < 4.78 is 0. The van der Waals surface area contributed by atoms with E-state index in [1.54, 1.807) is 24.4 Å². The normalized spacial score (nSPS) is 17.0. The van der Waals surface area contributed by atoms with Crippen molar-refractivity contribution in [3.8, 4) is 5.75 Å². The summed E-state index contributed by atoms with van der Waals surface area (Å²) in [5.41, 5.74) is 5.91. The second-order valence-corrected chi connectivity index (χ2v) is 9.51. The maximum absolute atomic E-state index is 13.4. The third-order valence-electron chi connectivity index (χ3n) is 7.13. The summed E-state index contributed by atoms with van der Waals surface area (Å²) >= 11 is 0. The number of benzene rings is 2. The first-order valence-corrected chi connectivity index (χ1v) is 12.1. The van der Waals surface area contributed by atoms with Gasteiger partial charge in [-0.2, -0.15) is 0 Å². The summed E-state index contributed by atoms with van der Waals surface area (Å²) in [6.45, 7) is 1.95. The number of aromatic nitrogens is 1. The van der Waals surface area contributed by atoms with Crippen molar-refractivity contribution in [3.63, 3.8) is 0 Å². The minimum atomic E-state index is -0.0112. The third-order valence-corrected chi connectivity index (χ3v) is 7.13. The predicted octanol–water partition coefficient (Wildman–Crippen LogP) is 5.27. The van der Waals surface area contributed by atoms with Crippen molar-refractivity contribution in [2.45, 2.75) is 51.5 Å². The number of nitrogens with one attached hydrogen (secondary N) is 2. The lowest BCUT2D eigenvalue weighted by atomic mass is 9.98. The minimum absolute atomic E-state index is 0.0112. The van der Waals surface area contributed by atoms with Gasteiger partial charge in [0.1, 0.15) is 11.6 Å². The molecule has 7 nitrogen and oxygen atoms in total. The molecule has 1 fully saturated rings. The summed E-state index contributed by atoms with van der Waals surface area (Å²) in [5.74, 6) is 0.917. The van der Waals surface area contributed by atoms with Gasteiger partial charge in [-0.25, -0.2) is 4.98 Å². The van der Waals surface area contributed by atoms with Crippen LogP contribution in [0.15, 0.2) is 48.7 Å². The Morgan fingerprint density at radius 2 is 2.00 bits per heavy atom. The molecule has 3 aromatic rings. The maximum Gasteiger partial charge on any atom is 0.222 e. The molecular weight excluding hydrogens is 440 g/mol. The van der Waals surface area contributed by atoms with Crippen LogP contribution in [0.25, 0.3) is 0 Å². The number of rotatable bonds is 6. The van der Waals surface area contributed by atoms with Gasteiger partial charge in [-0.3, -0.25) is 9.59 Å². The van der Waals surface area contributed by atoms with E-state index in [0.717, 1.165) is 48.2 Å². The molecule has 0 radical (unpaired) electrons. The first-order chi connectivity index (χ1) is 16.9. The van der Waals surface area contributed by atoms with Crippen LogP contribution >= 0.6 is 0 Å². The molecule has 0 bridgehead atoms. The van der Waals surface area contributed by atoms with Gasteiger partial charge in [-0.15, -0.1) is 0 Å². The highest BCUT2D eigenvalue weighted by Crippen LogP contribution is 2.35. The number of nitrogens with zero attached hydrogens (tertiary/aromatic N) is 2. The second kappa shape index (κ2) is 9.41. The van der Waals surface area contributed by atoms with Gasteiger partial charge >= 0.3 is 0 Å². The molecule has 3 heterocycles. The van der Waals surface area contributed by atoms with Crippen molar-refractivity contribution in [2.75, 3.05) is 17.7 Å². The fourth-order valence-corrected chi connectivity index (χ4v) is 5.04. The largest absolute Gasteiger partial charge is 0.508 e. The van der Waals surface area contributed by atoms with Crippen LogP contribution in [0, 0.1) is 6.92 Å². The predicted molar refractivity (Wildman–Crippen MR) is 137 cm³/mol. The van der Waals surface area contributed by atoms with E-state index >= 15 is 0 Å². The Kier molecular flexibility index (Phi) is 6.16. The van der Waals surface area contributed by atoms with Gasteiger partial charge < -0.3 is 20.6 Å². The van der Waals surface area contributed by atoms with Crippen molar-refractivity contribution in [2.24, 2.45) is 0 Å². The van der Waals surface area contributed by atoms with E-state index in [0.29, 0.717) is 29.5 Å². The zero-order valence-corrected chi connectivity index (χ0v) is 20.1. The molecule has 1 unspecified atom stereocenters. The topological polar surface area (TPSA) is 94.6 Å².